The maximum absolute atomic E-state index is 11.7. The molecule has 0 saturated heterocycles. The average molecular weight is 212 g/mol. The van der Waals surface area contributed by atoms with Crippen molar-refractivity contribution in [1.82, 2.24) is 4.90 Å². The molecule has 1 aliphatic rings. The summed E-state index contributed by atoms with van der Waals surface area (Å²) >= 11 is 0. The topological polar surface area (TPSA) is 29.5 Å². The lowest BCUT2D eigenvalue weighted by atomic mass is 10.2. The molecule has 0 unspecified atom stereocenters. The van der Waals surface area contributed by atoms with Crippen molar-refractivity contribution in [2.24, 2.45) is 5.92 Å². The lowest BCUT2D eigenvalue weighted by Gasteiger charge is -2.27. The summed E-state index contributed by atoms with van der Waals surface area (Å²) in [7, 11) is 0. The van der Waals surface area contributed by atoms with Crippen LogP contribution in [-0.4, -0.2) is 30.2 Å². The van der Waals surface area contributed by atoms with Gasteiger partial charge in [-0.25, -0.2) is 4.79 Å². The zero-order valence-electron chi connectivity index (χ0n) is 9.87. The van der Waals surface area contributed by atoms with Crippen LogP contribution in [-0.2, 0) is 4.74 Å². The molecule has 1 saturated carbocycles. The Morgan fingerprint density at radius 3 is 2.53 bits per heavy atom. The van der Waals surface area contributed by atoms with Gasteiger partial charge in [-0.05, 0) is 25.7 Å². The van der Waals surface area contributed by atoms with E-state index in [2.05, 4.69) is 6.92 Å². The van der Waals surface area contributed by atoms with Crippen molar-refractivity contribution in [1.29, 1.82) is 0 Å². The molecular formula is C12H22NO2. The van der Waals surface area contributed by atoms with Gasteiger partial charge in [-0.15, -0.1) is 0 Å². The lowest BCUT2D eigenvalue weighted by Crippen LogP contribution is -2.39. The molecule has 0 bridgehead atoms. The minimum absolute atomic E-state index is 0.189. The Morgan fingerprint density at radius 2 is 2.07 bits per heavy atom. The second-order valence-electron chi connectivity index (χ2n) is 4.60. The minimum Gasteiger partial charge on any atom is -0.449 e. The van der Waals surface area contributed by atoms with E-state index in [1.165, 1.54) is 12.8 Å². The Labute approximate surface area is 92.8 Å². The van der Waals surface area contributed by atoms with Crippen LogP contribution in [0.5, 0.6) is 0 Å². The molecule has 1 aliphatic carbocycles. The van der Waals surface area contributed by atoms with E-state index in [1.54, 1.807) is 4.90 Å². The SMILES string of the molecule is [CH2]CN(C(=O)OCC(C)C)C1CCCC1. The summed E-state index contributed by atoms with van der Waals surface area (Å²) in [6, 6.07) is 0.363. The lowest BCUT2D eigenvalue weighted by molar-refractivity contribution is 0.0821. The monoisotopic (exact) mass is 212 g/mol. The Hall–Kier alpha value is -0.730. The Kier molecular flexibility index (Phi) is 4.92. The van der Waals surface area contributed by atoms with Crippen molar-refractivity contribution in [2.75, 3.05) is 13.2 Å². The van der Waals surface area contributed by atoms with Gasteiger partial charge in [0.15, 0.2) is 0 Å². The van der Waals surface area contributed by atoms with E-state index in [1.807, 2.05) is 13.8 Å². The summed E-state index contributed by atoms with van der Waals surface area (Å²) in [6.45, 7) is 8.90. The molecule has 15 heavy (non-hydrogen) atoms. The van der Waals surface area contributed by atoms with Gasteiger partial charge in [-0.3, -0.25) is 0 Å². The van der Waals surface area contributed by atoms with Crippen LogP contribution in [0.1, 0.15) is 39.5 Å². The standard InChI is InChI=1S/C12H22NO2/c1-4-13(11-7-5-6-8-11)12(14)15-9-10(2)3/h10-11H,1,4-9H2,2-3H3. The van der Waals surface area contributed by atoms with Gasteiger partial charge in [0, 0.05) is 12.6 Å². The summed E-state index contributed by atoms with van der Waals surface area (Å²) in [5.74, 6) is 0.393. The molecule has 1 fully saturated rings. The van der Waals surface area contributed by atoms with Crippen LogP contribution < -0.4 is 0 Å². The summed E-state index contributed by atoms with van der Waals surface area (Å²) < 4.78 is 5.22. The van der Waals surface area contributed by atoms with E-state index in [0.29, 0.717) is 25.1 Å². The van der Waals surface area contributed by atoms with Gasteiger partial charge < -0.3 is 9.64 Å². The summed E-state index contributed by atoms with van der Waals surface area (Å²) in [6.07, 6.45) is 4.46. The van der Waals surface area contributed by atoms with Crippen LogP contribution >= 0.6 is 0 Å². The summed E-state index contributed by atoms with van der Waals surface area (Å²) in [5, 5.41) is 0. The van der Waals surface area contributed by atoms with Gasteiger partial charge in [0.1, 0.15) is 0 Å². The Balaban J connectivity index is 2.39. The molecule has 0 aliphatic heterocycles. The molecule has 0 aromatic carbocycles. The van der Waals surface area contributed by atoms with Crippen molar-refractivity contribution < 1.29 is 9.53 Å². The molecule has 0 N–H and O–H groups in total. The maximum atomic E-state index is 11.7. The first-order valence-electron chi connectivity index (χ1n) is 5.87. The number of ether oxygens (including phenoxy) is 1. The normalized spacial score (nSPS) is 17.1. The van der Waals surface area contributed by atoms with Crippen molar-refractivity contribution in [3.05, 3.63) is 6.92 Å². The number of amides is 1. The maximum Gasteiger partial charge on any atom is 0.410 e. The van der Waals surface area contributed by atoms with Gasteiger partial charge in [-0.2, -0.15) is 0 Å². The van der Waals surface area contributed by atoms with E-state index in [0.717, 1.165) is 12.8 Å². The summed E-state index contributed by atoms with van der Waals surface area (Å²) in [5.41, 5.74) is 0. The molecule has 1 radical (unpaired) electrons. The highest BCUT2D eigenvalue weighted by Gasteiger charge is 2.26. The Morgan fingerprint density at radius 1 is 1.47 bits per heavy atom. The zero-order valence-corrected chi connectivity index (χ0v) is 9.87. The third-order valence-corrected chi connectivity index (χ3v) is 2.78. The van der Waals surface area contributed by atoms with E-state index in [9.17, 15) is 4.79 Å². The van der Waals surface area contributed by atoms with Gasteiger partial charge in [-0.1, -0.05) is 26.7 Å². The number of hydrogen-bond donors (Lipinski definition) is 0. The molecule has 0 atom stereocenters. The first-order chi connectivity index (χ1) is 7.15. The molecular weight excluding hydrogens is 190 g/mol. The predicted octanol–water partition coefficient (Wildman–Crippen LogP) is 2.86. The highest BCUT2D eigenvalue weighted by Crippen LogP contribution is 2.23. The van der Waals surface area contributed by atoms with Gasteiger partial charge in [0.2, 0.25) is 0 Å². The fourth-order valence-corrected chi connectivity index (χ4v) is 1.96. The number of rotatable bonds is 4. The fraction of sp³-hybridized carbons (Fsp3) is 0.833. The predicted molar refractivity (Wildman–Crippen MR) is 60.5 cm³/mol. The van der Waals surface area contributed by atoms with Crippen molar-refractivity contribution in [3.8, 4) is 0 Å². The molecule has 0 heterocycles. The van der Waals surface area contributed by atoms with Crippen LogP contribution in [0.2, 0.25) is 0 Å². The second-order valence-corrected chi connectivity index (χ2v) is 4.60. The molecule has 1 rings (SSSR count). The minimum atomic E-state index is -0.189. The van der Waals surface area contributed by atoms with Crippen molar-refractivity contribution in [3.63, 3.8) is 0 Å². The van der Waals surface area contributed by atoms with E-state index < -0.39 is 0 Å². The van der Waals surface area contributed by atoms with Crippen LogP contribution in [0.25, 0.3) is 0 Å². The van der Waals surface area contributed by atoms with Crippen LogP contribution in [0.3, 0.4) is 0 Å². The van der Waals surface area contributed by atoms with E-state index >= 15 is 0 Å². The largest absolute Gasteiger partial charge is 0.449 e. The molecule has 3 heteroatoms. The molecule has 1 amide bonds. The number of nitrogens with zero attached hydrogens (tertiary/aromatic N) is 1. The molecule has 87 valence electrons. The molecule has 0 spiro atoms. The van der Waals surface area contributed by atoms with Gasteiger partial charge >= 0.3 is 6.09 Å². The number of carbonyl (C=O) groups is 1. The average Bonchev–Trinajstić information content (AvgIpc) is 2.69. The first kappa shape index (κ1) is 12.3. The third kappa shape index (κ3) is 3.73. The smallest absolute Gasteiger partial charge is 0.410 e. The van der Waals surface area contributed by atoms with Crippen molar-refractivity contribution in [2.45, 2.75) is 45.6 Å². The third-order valence-electron chi connectivity index (χ3n) is 2.78. The van der Waals surface area contributed by atoms with Crippen LogP contribution in [0.4, 0.5) is 4.79 Å². The first-order valence-corrected chi connectivity index (χ1v) is 5.87. The number of hydrogen-bond acceptors (Lipinski definition) is 2. The summed E-state index contributed by atoms with van der Waals surface area (Å²) in [4.78, 5) is 13.5. The van der Waals surface area contributed by atoms with E-state index in [-0.39, 0.29) is 6.09 Å². The number of carbonyl (C=O) groups excluding carboxylic acids is 1. The second kappa shape index (κ2) is 5.99. The molecule has 0 aromatic heterocycles. The van der Waals surface area contributed by atoms with E-state index in [4.69, 9.17) is 4.74 Å². The molecule has 0 aromatic rings. The van der Waals surface area contributed by atoms with Crippen molar-refractivity contribution >= 4 is 6.09 Å². The fourth-order valence-electron chi connectivity index (χ4n) is 1.96. The van der Waals surface area contributed by atoms with Gasteiger partial charge in [0.25, 0.3) is 0 Å². The van der Waals surface area contributed by atoms with Crippen LogP contribution in [0, 0.1) is 12.8 Å². The Bertz CT molecular complexity index is 198. The zero-order chi connectivity index (χ0) is 11.3. The molecule has 3 nitrogen and oxygen atoms in total. The highest BCUT2D eigenvalue weighted by molar-refractivity contribution is 5.68. The van der Waals surface area contributed by atoms with Crippen LogP contribution in [0.15, 0.2) is 0 Å². The van der Waals surface area contributed by atoms with Gasteiger partial charge in [0.05, 0.1) is 6.61 Å². The highest BCUT2D eigenvalue weighted by atomic mass is 16.6. The quantitative estimate of drug-likeness (QED) is 0.717.